The van der Waals surface area contributed by atoms with Gasteiger partial charge in [0.05, 0.1) is 17.1 Å². The smallest absolute Gasteiger partial charge is 0.251 e. The van der Waals surface area contributed by atoms with Crippen LogP contribution >= 0.6 is 0 Å². The number of amides is 1. The minimum Gasteiger partial charge on any atom is -0.342 e. The van der Waals surface area contributed by atoms with Crippen LogP contribution in [0.4, 0.5) is 0 Å². The number of benzene rings is 3. The molecule has 0 aliphatic rings. The second-order valence-electron chi connectivity index (χ2n) is 7.29. The Hall–Kier alpha value is -3.40. The van der Waals surface area contributed by atoms with Crippen molar-refractivity contribution in [3.05, 3.63) is 101 Å². The zero-order valence-electron chi connectivity index (χ0n) is 16.8. The summed E-state index contributed by atoms with van der Waals surface area (Å²) in [4.78, 5) is 17.9. The summed E-state index contributed by atoms with van der Waals surface area (Å²) in [6.45, 7) is 4.90. The molecule has 1 N–H and O–H groups in total. The highest BCUT2D eigenvalue weighted by Gasteiger charge is 2.22. The second kappa shape index (κ2) is 8.31. The molecule has 0 spiro atoms. The third kappa shape index (κ3) is 4.06. The number of aromatic nitrogens is 2. The van der Waals surface area contributed by atoms with E-state index >= 15 is 0 Å². The van der Waals surface area contributed by atoms with Gasteiger partial charge in [-0.3, -0.25) is 4.79 Å². The van der Waals surface area contributed by atoms with Crippen molar-refractivity contribution in [3.8, 4) is 0 Å². The molecule has 0 aliphatic heterocycles. The quantitative estimate of drug-likeness (QED) is 0.505. The summed E-state index contributed by atoms with van der Waals surface area (Å²) in [5, 5.41) is 3.24. The summed E-state index contributed by atoms with van der Waals surface area (Å²) < 4.78 is 2.19. The molecule has 0 radical (unpaired) electrons. The van der Waals surface area contributed by atoms with Crippen molar-refractivity contribution in [2.75, 3.05) is 0 Å². The van der Waals surface area contributed by atoms with Gasteiger partial charge in [0, 0.05) is 12.1 Å². The standard InChI is InChI=1S/C25H25N3O/c1-3-28-23-15-8-7-14-21(23)26-24(28)22(17-19-11-5-4-6-12-19)27-25(29)20-13-9-10-18(2)16-20/h4-16,22H,3,17H2,1-2H3,(H,27,29). The fraction of sp³-hybridized carbons (Fsp3) is 0.200. The lowest BCUT2D eigenvalue weighted by Crippen LogP contribution is -2.32. The molecule has 0 saturated heterocycles. The number of nitrogens with one attached hydrogen (secondary N) is 1. The maximum Gasteiger partial charge on any atom is 0.251 e. The molecule has 1 unspecified atom stereocenters. The Morgan fingerprint density at radius 1 is 1.00 bits per heavy atom. The summed E-state index contributed by atoms with van der Waals surface area (Å²) in [5.74, 6) is 0.808. The van der Waals surface area contributed by atoms with Gasteiger partial charge < -0.3 is 9.88 Å². The molecule has 3 aromatic carbocycles. The van der Waals surface area contributed by atoms with E-state index in [0.29, 0.717) is 12.0 Å². The van der Waals surface area contributed by atoms with Crippen molar-refractivity contribution in [1.82, 2.24) is 14.9 Å². The Kier molecular flexibility index (Phi) is 5.43. The Bertz CT molecular complexity index is 1130. The van der Waals surface area contributed by atoms with Gasteiger partial charge in [-0.2, -0.15) is 0 Å². The molecule has 4 nitrogen and oxygen atoms in total. The first kappa shape index (κ1) is 18.9. The Labute approximate surface area is 171 Å². The molecule has 0 aliphatic carbocycles. The van der Waals surface area contributed by atoms with Crippen LogP contribution in [0, 0.1) is 6.92 Å². The van der Waals surface area contributed by atoms with Gasteiger partial charge in [0.25, 0.3) is 5.91 Å². The molecule has 1 heterocycles. The van der Waals surface area contributed by atoms with Crippen LogP contribution in [0.15, 0.2) is 78.9 Å². The molecule has 0 fully saturated rings. The molecule has 4 rings (SSSR count). The zero-order chi connectivity index (χ0) is 20.2. The Morgan fingerprint density at radius 2 is 1.76 bits per heavy atom. The number of aryl methyl sites for hydroxylation is 2. The van der Waals surface area contributed by atoms with E-state index in [1.54, 1.807) is 0 Å². The van der Waals surface area contributed by atoms with E-state index in [2.05, 4.69) is 35.0 Å². The van der Waals surface area contributed by atoms with Crippen molar-refractivity contribution < 1.29 is 4.79 Å². The predicted octanol–water partition coefficient (Wildman–Crippen LogP) is 5.08. The fourth-order valence-electron chi connectivity index (χ4n) is 3.78. The monoisotopic (exact) mass is 383 g/mol. The van der Waals surface area contributed by atoms with E-state index < -0.39 is 0 Å². The average molecular weight is 383 g/mol. The molecule has 1 aromatic heterocycles. The predicted molar refractivity (Wildman–Crippen MR) is 117 cm³/mol. The fourth-order valence-corrected chi connectivity index (χ4v) is 3.78. The van der Waals surface area contributed by atoms with Crippen LogP contribution in [-0.2, 0) is 13.0 Å². The summed E-state index contributed by atoms with van der Waals surface area (Å²) in [6, 6.07) is 25.8. The summed E-state index contributed by atoms with van der Waals surface area (Å²) in [7, 11) is 0. The lowest BCUT2D eigenvalue weighted by Gasteiger charge is -2.20. The summed E-state index contributed by atoms with van der Waals surface area (Å²) in [6.07, 6.45) is 0.682. The topological polar surface area (TPSA) is 46.9 Å². The van der Waals surface area contributed by atoms with Crippen LogP contribution in [-0.4, -0.2) is 15.5 Å². The van der Waals surface area contributed by atoms with E-state index in [1.165, 1.54) is 0 Å². The number of rotatable bonds is 6. The highest BCUT2D eigenvalue weighted by Crippen LogP contribution is 2.24. The van der Waals surface area contributed by atoms with E-state index in [9.17, 15) is 4.79 Å². The zero-order valence-corrected chi connectivity index (χ0v) is 16.8. The highest BCUT2D eigenvalue weighted by atomic mass is 16.1. The number of imidazole rings is 1. The molecular weight excluding hydrogens is 358 g/mol. The molecule has 1 amide bonds. The van der Waals surface area contributed by atoms with E-state index in [-0.39, 0.29) is 11.9 Å². The van der Waals surface area contributed by atoms with Gasteiger partial charge in [-0.15, -0.1) is 0 Å². The lowest BCUT2D eigenvalue weighted by molar-refractivity contribution is 0.0934. The largest absolute Gasteiger partial charge is 0.342 e. The lowest BCUT2D eigenvalue weighted by atomic mass is 10.0. The van der Waals surface area contributed by atoms with Crippen LogP contribution in [0.2, 0.25) is 0 Å². The third-order valence-corrected chi connectivity index (χ3v) is 5.18. The molecule has 1 atom stereocenters. The highest BCUT2D eigenvalue weighted by molar-refractivity contribution is 5.94. The number of carbonyl (C=O) groups is 1. The van der Waals surface area contributed by atoms with Crippen molar-refractivity contribution >= 4 is 16.9 Å². The van der Waals surface area contributed by atoms with Gasteiger partial charge in [0.2, 0.25) is 0 Å². The van der Waals surface area contributed by atoms with Crippen molar-refractivity contribution in [1.29, 1.82) is 0 Å². The molecule has 29 heavy (non-hydrogen) atoms. The number of hydrogen-bond donors (Lipinski definition) is 1. The maximum atomic E-state index is 13.0. The van der Waals surface area contributed by atoms with E-state index in [1.807, 2.05) is 67.6 Å². The van der Waals surface area contributed by atoms with Gasteiger partial charge >= 0.3 is 0 Å². The minimum absolute atomic E-state index is 0.0793. The first-order valence-electron chi connectivity index (χ1n) is 10.0. The Morgan fingerprint density at radius 3 is 2.52 bits per heavy atom. The van der Waals surface area contributed by atoms with Gasteiger partial charge in [-0.05, 0) is 50.1 Å². The third-order valence-electron chi connectivity index (χ3n) is 5.18. The molecular formula is C25H25N3O. The van der Waals surface area contributed by atoms with Gasteiger partial charge in [-0.1, -0.05) is 60.2 Å². The van der Waals surface area contributed by atoms with Crippen molar-refractivity contribution in [2.45, 2.75) is 32.9 Å². The van der Waals surface area contributed by atoms with Gasteiger partial charge in [0.15, 0.2) is 0 Å². The molecule has 146 valence electrons. The molecule has 4 heteroatoms. The maximum absolute atomic E-state index is 13.0. The van der Waals surface area contributed by atoms with Crippen LogP contribution < -0.4 is 5.32 Å². The number of fused-ring (bicyclic) bond motifs is 1. The van der Waals surface area contributed by atoms with E-state index in [0.717, 1.165) is 34.5 Å². The second-order valence-corrected chi connectivity index (χ2v) is 7.29. The van der Waals surface area contributed by atoms with Crippen LogP contribution in [0.25, 0.3) is 11.0 Å². The number of nitrogens with zero attached hydrogens (tertiary/aromatic N) is 2. The van der Waals surface area contributed by atoms with Crippen LogP contribution in [0.1, 0.15) is 40.3 Å². The Balaban J connectivity index is 1.73. The minimum atomic E-state index is -0.224. The van der Waals surface area contributed by atoms with Gasteiger partial charge in [-0.25, -0.2) is 4.98 Å². The van der Waals surface area contributed by atoms with Gasteiger partial charge in [0.1, 0.15) is 5.82 Å². The summed E-state index contributed by atoms with van der Waals surface area (Å²) in [5.41, 5.74) is 4.94. The molecule has 4 aromatic rings. The SMILES string of the molecule is CCn1c(C(Cc2ccccc2)NC(=O)c2cccc(C)c2)nc2ccccc21. The van der Waals surface area contributed by atoms with Crippen LogP contribution in [0.3, 0.4) is 0 Å². The van der Waals surface area contributed by atoms with E-state index in [4.69, 9.17) is 4.98 Å². The van der Waals surface area contributed by atoms with Crippen molar-refractivity contribution in [2.24, 2.45) is 0 Å². The first-order chi connectivity index (χ1) is 14.2. The molecule has 0 bridgehead atoms. The number of carbonyl (C=O) groups excluding carboxylic acids is 1. The first-order valence-corrected chi connectivity index (χ1v) is 10.0. The summed E-state index contributed by atoms with van der Waals surface area (Å²) >= 11 is 0. The van der Waals surface area contributed by atoms with Crippen LogP contribution in [0.5, 0.6) is 0 Å². The number of hydrogen-bond acceptors (Lipinski definition) is 2. The average Bonchev–Trinajstić information content (AvgIpc) is 3.12. The molecule has 0 saturated carbocycles. The normalized spacial score (nSPS) is 12.1. The number of para-hydroxylation sites is 2. The van der Waals surface area contributed by atoms with Crippen molar-refractivity contribution in [3.63, 3.8) is 0 Å².